The van der Waals surface area contributed by atoms with Gasteiger partial charge in [-0.3, -0.25) is 4.79 Å². The van der Waals surface area contributed by atoms with E-state index in [0.717, 1.165) is 33.9 Å². The van der Waals surface area contributed by atoms with Crippen LogP contribution in [0.2, 0.25) is 0 Å². The normalized spacial score (nSPS) is 14.9. The Morgan fingerprint density at radius 3 is 2.97 bits per heavy atom. The summed E-state index contributed by atoms with van der Waals surface area (Å²) in [6, 6.07) is 10.6. The average molecular weight is 421 g/mol. The first-order valence-electron chi connectivity index (χ1n) is 9.96. The second-order valence-electron chi connectivity index (χ2n) is 7.39. The van der Waals surface area contributed by atoms with Gasteiger partial charge in [-0.2, -0.15) is 5.26 Å². The standard InChI is InChI=1S/C24H21FN2O2S/c1-3-29-23(28)11-15-4-6-18-14(2)19(7-8-20(15)18)24-27-13-22(30-24)16-5-9-21(25)17(10-16)12-26/h5,7-10,13,15H,3-4,6,11H2,1-2H3. The largest absolute Gasteiger partial charge is 0.466 e. The van der Waals surface area contributed by atoms with E-state index >= 15 is 0 Å². The lowest BCUT2D eigenvalue weighted by atomic mass is 9.94. The minimum absolute atomic E-state index is 0.0313. The van der Waals surface area contributed by atoms with Crippen molar-refractivity contribution in [2.24, 2.45) is 0 Å². The molecular formula is C24H21FN2O2S. The van der Waals surface area contributed by atoms with E-state index in [4.69, 9.17) is 10.00 Å². The number of carbonyl (C=O) groups is 1. The highest BCUT2D eigenvalue weighted by Crippen LogP contribution is 2.42. The summed E-state index contributed by atoms with van der Waals surface area (Å²) in [7, 11) is 0. The van der Waals surface area contributed by atoms with Gasteiger partial charge in [0.1, 0.15) is 16.9 Å². The van der Waals surface area contributed by atoms with Crippen molar-refractivity contribution in [1.29, 1.82) is 5.26 Å². The third-order valence-electron chi connectivity index (χ3n) is 5.64. The minimum Gasteiger partial charge on any atom is -0.466 e. The van der Waals surface area contributed by atoms with Crippen LogP contribution >= 0.6 is 11.3 Å². The minimum atomic E-state index is -0.516. The Kier molecular flexibility index (Phi) is 5.65. The van der Waals surface area contributed by atoms with Crippen LogP contribution in [0, 0.1) is 24.1 Å². The molecule has 0 aliphatic heterocycles. The van der Waals surface area contributed by atoms with E-state index in [1.807, 2.05) is 13.0 Å². The van der Waals surface area contributed by atoms with Crippen molar-refractivity contribution < 1.29 is 13.9 Å². The molecule has 4 rings (SSSR count). The Morgan fingerprint density at radius 2 is 2.20 bits per heavy atom. The molecule has 0 radical (unpaired) electrons. The number of benzene rings is 2. The number of hydrogen-bond acceptors (Lipinski definition) is 5. The number of esters is 1. The molecule has 0 bridgehead atoms. The van der Waals surface area contributed by atoms with E-state index in [2.05, 4.69) is 24.0 Å². The molecular weight excluding hydrogens is 399 g/mol. The highest BCUT2D eigenvalue weighted by molar-refractivity contribution is 7.18. The molecule has 0 spiro atoms. The highest BCUT2D eigenvalue weighted by atomic mass is 32.1. The quantitative estimate of drug-likeness (QED) is 0.491. The van der Waals surface area contributed by atoms with Gasteiger partial charge in [-0.1, -0.05) is 18.2 Å². The van der Waals surface area contributed by atoms with Crippen LogP contribution < -0.4 is 0 Å². The predicted molar refractivity (Wildman–Crippen MR) is 115 cm³/mol. The predicted octanol–water partition coefficient (Wildman–Crippen LogP) is 5.78. The zero-order valence-corrected chi connectivity index (χ0v) is 17.7. The molecule has 0 saturated heterocycles. The summed E-state index contributed by atoms with van der Waals surface area (Å²) in [6.45, 7) is 4.34. The van der Waals surface area contributed by atoms with E-state index in [0.29, 0.717) is 13.0 Å². The lowest BCUT2D eigenvalue weighted by Crippen LogP contribution is -2.08. The number of rotatable bonds is 5. The molecule has 0 amide bonds. The molecule has 2 aromatic carbocycles. The van der Waals surface area contributed by atoms with Gasteiger partial charge in [-0.15, -0.1) is 11.3 Å². The van der Waals surface area contributed by atoms with Crippen molar-refractivity contribution >= 4 is 17.3 Å². The number of halogens is 1. The van der Waals surface area contributed by atoms with Gasteiger partial charge in [0.2, 0.25) is 0 Å². The van der Waals surface area contributed by atoms with Crippen molar-refractivity contribution in [3.8, 4) is 27.1 Å². The molecule has 1 heterocycles. The average Bonchev–Trinajstić information content (AvgIpc) is 3.37. The zero-order chi connectivity index (χ0) is 21.3. The van der Waals surface area contributed by atoms with Crippen LogP contribution in [0.1, 0.15) is 47.9 Å². The van der Waals surface area contributed by atoms with Gasteiger partial charge in [-0.25, -0.2) is 9.37 Å². The van der Waals surface area contributed by atoms with Crippen LogP contribution in [0.5, 0.6) is 0 Å². The van der Waals surface area contributed by atoms with E-state index in [1.165, 1.54) is 34.1 Å². The van der Waals surface area contributed by atoms with Crippen molar-refractivity contribution in [2.75, 3.05) is 6.61 Å². The van der Waals surface area contributed by atoms with Gasteiger partial charge in [-0.05, 0) is 67.0 Å². The first-order valence-corrected chi connectivity index (χ1v) is 10.8. The van der Waals surface area contributed by atoms with E-state index in [1.54, 1.807) is 18.3 Å². The second-order valence-corrected chi connectivity index (χ2v) is 8.42. The molecule has 1 aliphatic carbocycles. The van der Waals surface area contributed by atoms with Gasteiger partial charge < -0.3 is 4.74 Å². The summed E-state index contributed by atoms with van der Waals surface area (Å²) in [5, 5.41) is 9.96. The fraction of sp³-hybridized carbons (Fsp3) is 0.292. The van der Waals surface area contributed by atoms with Crippen LogP contribution in [0.3, 0.4) is 0 Å². The summed E-state index contributed by atoms with van der Waals surface area (Å²) >= 11 is 1.52. The fourth-order valence-electron chi connectivity index (χ4n) is 4.13. The number of fused-ring (bicyclic) bond motifs is 1. The molecule has 0 fully saturated rings. The Balaban J connectivity index is 1.63. The van der Waals surface area contributed by atoms with Gasteiger partial charge in [0, 0.05) is 11.8 Å². The smallest absolute Gasteiger partial charge is 0.306 e. The monoisotopic (exact) mass is 420 g/mol. The molecule has 3 aromatic rings. The van der Waals surface area contributed by atoms with Crippen LogP contribution in [0.15, 0.2) is 36.5 Å². The van der Waals surface area contributed by atoms with Crippen molar-refractivity contribution in [3.63, 3.8) is 0 Å². The number of nitrogens with zero attached hydrogens (tertiary/aromatic N) is 2. The molecule has 6 heteroatoms. The van der Waals surface area contributed by atoms with E-state index in [9.17, 15) is 9.18 Å². The Bertz CT molecular complexity index is 1160. The lowest BCUT2D eigenvalue weighted by molar-refractivity contribution is -0.143. The summed E-state index contributed by atoms with van der Waals surface area (Å²) in [4.78, 5) is 17.4. The van der Waals surface area contributed by atoms with Gasteiger partial charge in [0.25, 0.3) is 0 Å². The van der Waals surface area contributed by atoms with E-state index in [-0.39, 0.29) is 17.5 Å². The molecule has 4 nitrogen and oxygen atoms in total. The Labute approximate surface area is 179 Å². The number of nitriles is 1. The Hall–Kier alpha value is -3.04. The van der Waals surface area contributed by atoms with Crippen LogP contribution in [-0.2, 0) is 16.0 Å². The highest BCUT2D eigenvalue weighted by Gasteiger charge is 2.27. The number of carbonyl (C=O) groups excluding carboxylic acids is 1. The van der Waals surface area contributed by atoms with Crippen molar-refractivity contribution in [3.05, 3.63) is 64.6 Å². The maximum Gasteiger partial charge on any atom is 0.306 e. The van der Waals surface area contributed by atoms with Gasteiger partial charge >= 0.3 is 5.97 Å². The van der Waals surface area contributed by atoms with Crippen molar-refractivity contribution in [1.82, 2.24) is 4.98 Å². The third kappa shape index (κ3) is 3.73. The molecule has 1 unspecified atom stereocenters. The topological polar surface area (TPSA) is 63.0 Å². The van der Waals surface area contributed by atoms with Crippen LogP contribution in [-0.4, -0.2) is 17.6 Å². The maximum absolute atomic E-state index is 13.6. The fourth-order valence-corrected chi connectivity index (χ4v) is 5.12. The SMILES string of the molecule is CCOC(=O)CC1CCc2c1ccc(-c1ncc(-c3ccc(F)c(C#N)c3)s1)c2C. The number of ether oxygens (including phenoxy) is 1. The summed E-state index contributed by atoms with van der Waals surface area (Å²) in [5.41, 5.74) is 5.61. The molecule has 1 atom stereocenters. The zero-order valence-electron chi connectivity index (χ0n) is 16.9. The van der Waals surface area contributed by atoms with Crippen LogP contribution in [0.4, 0.5) is 4.39 Å². The first kappa shape index (κ1) is 20.2. The summed E-state index contributed by atoms with van der Waals surface area (Å²) in [5.74, 6) is -0.446. The second kappa shape index (κ2) is 8.37. The van der Waals surface area contributed by atoms with Crippen LogP contribution in [0.25, 0.3) is 21.0 Å². The van der Waals surface area contributed by atoms with Gasteiger partial charge in [0.05, 0.1) is 23.5 Å². The lowest BCUT2D eigenvalue weighted by Gasteiger charge is -2.13. The first-order chi connectivity index (χ1) is 14.5. The summed E-state index contributed by atoms with van der Waals surface area (Å²) < 4.78 is 18.7. The molecule has 0 saturated carbocycles. The third-order valence-corrected chi connectivity index (χ3v) is 6.72. The van der Waals surface area contributed by atoms with E-state index < -0.39 is 5.82 Å². The number of thiazole rings is 1. The van der Waals surface area contributed by atoms with Crippen molar-refractivity contribution in [2.45, 2.75) is 39.0 Å². The van der Waals surface area contributed by atoms with Gasteiger partial charge in [0.15, 0.2) is 0 Å². The summed E-state index contributed by atoms with van der Waals surface area (Å²) in [6.07, 6.45) is 4.09. The number of hydrogen-bond donors (Lipinski definition) is 0. The molecule has 152 valence electrons. The molecule has 0 N–H and O–H groups in total. The molecule has 30 heavy (non-hydrogen) atoms. The maximum atomic E-state index is 13.6. The molecule has 1 aliphatic rings. The molecule has 1 aromatic heterocycles. The Morgan fingerprint density at radius 1 is 1.37 bits per heavy atom. The number of aromatic nitrogens is 1.